The Balaban J connectivity index is 2.74. The van der Waals surface area contributed by atoms with Gasteiger partial charge in [0.2, 0.25) is 0 Å². The minimum Gasteiger partial charge on any atom is -0.479 e. The van der Waals surface area contributed by atoms with Crippen molar-refractivity contribution < 1.29 is 9.26 Å². The van der Waals surface area contributed by atoms with E-state index < -0.39 is 0 Å². The first-order valence-corrected chi connectivity index (χ1v) is 2.96. The molecule has 3 nitrogen and oxygen atoms in total. The molecule has 0 fully saturated rings. The van der Waals surface area contributed by atoms with Crippen molar-refractivity contribution in [2.24, 2.45) is 0 Å². The van der Waals surface area contributed by atoms with Crippen molar-refractivity contribution in [1.82, 2.24) is 5.16 Å². The lowest BCUT2D eigenvalue weighted by molar-refractivity contribution is 0.330. The van der Waals surface area contributed by atoms with Crippen LogP contribution in [-0.4, -0.2) is 12.3 Å². The molecule has 0 aliphatic carbocycles. The number of nitrogens with zero attached hydrogens (tertiary/aromatic N) is 1. The Morgan fingerprint density at radius 1 is 1.89 bits per heavy atom. The maximum atomic E-state index is 5.41. The highest BCUT2D eigenvalue weighted by Gasteiger charge is 1.99. The standard InChI is InChI=1S/C5H6ClNO2/c1-8-5-2-4(3-6)9-7-5/h2H,3H2,1H3. The van der Waals surface area contributed by atoms with Crippen molar-refractivity contribution in [3.05, 3.63) is 11.8 Å². The molecule has 0 amide bonds. The molecule has 1 aromatic rings. The van der Waals surface area contributed by atoms with Crippen LogP contribution in [0.15, 0.2) is 10.6 Å². The summed E-state index contributed by atoms with van der Waals surface area (Å²) in [6.45, 7) is 0. The van der Waals surface area contributed by atoms with E-state index in [0.29, 0.717) is 17.5 Å². The van der Waals surface area contributed by atoms with Gasteiger partial charge in [-0.25, -0.2) is 0 Å². The first-order valence-electron chi connectivity index (χ1n) is 2.42. The van der Waals surface area contributed by atoms with E-state index in [1.165, 1.54) is 7.11 Å². The van der Waals surface area contributed by atoms with Gasteiger partial charge in [-0.3, -0.25) is 0 Å². The van der Waals surface area contributed by atoms with Crippen molar-refractivity contribution in [2.45, 2.75) is 5.88 Å². The third-order valence-electron chi connectivity index (χ3n) is 0.878. The molecule has 1 heterocycles. The second kappa shape index (κ2) is 2.73. The summed E-state index contributed by atoms with van der Waals surface area (Å²) in [5.74, 6) is 1.41. The van der Waals surface area contributed by atoms with Gasteiger partial charge in [0.15, 0.2) is 5.76 Å². The summed E-state index contributed by atoms with van der Waals surface area (Å²) in [6.07, 6.45) is 0. The van der Waals surface area contributed by atoms with E-state index in [0.717, 1.165) is 0 Å². The van der Waals surface area contributed by atoms with Crippen molar-refractivity contribution in [3.8, 4) is 5.88 Å². The molecule has 0 unspecified atom stereocenters. The second-order valence-electron chi connectivity index (χ2n) is 1.47. The highest BCUT2D eigenvalue weighted by atomic mass is 35.5. The number of halogens is 1. The second-order valence-corrected chi connectivity index (χ2v) is 1.74. The van der Waals surface area contributed by atoms with Crippen LogP contribution in [0, 0.1) is 0 Å². The van der Waals surface area contributed by atoms with Crippen LogP contribution in [0.25, 0.3) is 0 Å². The molecule has 0 N–H and O–H groups in total. The van der Waals surface area contributed by atoms with Gasteiger partial charge in [0.1, 0.15) is 0 Å². The molecule has 1 aromatic heterocycles. The predicted molar refractivity (Wildman–Crippen MR) is 32.6 cm³/mol. The molecule has 1 rings (SSSR count). The molecule has 0 spiro atoms. The highest BCUT2D eigenvalue weighted by Crippen LogP contribution is 2.11. The molecule has 0 bridgehead atoms. The molecular weight excluding hydrogens is 142 g/mol. The first kappa shape index (κ1) is 6.42. The number of rotatable bonds is 2. The van der Waals surface area contributed by atoms with Gasteiger partial charge in [-0.15, -0.1) is 11.6 Å². The van der Waals surface area contributed by atoms with Crippen LogP contribution in [0.5, 0.6) is 5.88 Å². The molecule has 0 aliphatic rings. The molecule has 0 saturated heterocycles. The summed E-state index contributed by atoms with van der Waals surface area (Å²) in [6, 6.07) is 1.65. The highest BCUT2D eigenvalue weighted by molar-refractivity contribution is 6.16. The lowest BCUT2D eigenvalue weighted by Crippen LogP contribution is -1.78. The Hall–Kier alpha value is -0.700. The predicted octanol–water partition coefficient (Wildman–Crippen LogP) is 1.42. The van der Waals surface area contributed by atoms with Crippen LogP contribution in [0.4, 0.5) is 0 Å². The van der Waals surface area contributed by atoms with Gasteiger partial charge in [-0.2, -0.15) is 0 Å². The fourth-order valence-corrected chi connectivity index (χ4v) is 0.579. The summed E-state index contributed by atoms with van der Waals surface area (Å²) in [4.78, 5) is 0. The smallest absolute Gasteiger partial charge is 0.254 e. The van der Waals surface area contributed by atoms with Gasteiger partial charge in [-0.1, -0.05) is 0 Å². The topological polar surface area (TPSA) is 35.3 Å². The van der Waals surface area contributed by atoms with Crippen LogP contribution in [0.3, 0.4) is 0 Å². The number of methoxy groups -OCH3 is 1. The zero-order valence-corrected chi connectivity index (χ0v) is 5.68. The quantitative estimate of drug-likeness (QED) is 0.594. The van der Waals surface area contributed by atoms with Gasteiger partial charge >= 0.3 is 0 Å². The summed E-state index contributed by atoms with van der Waals surface area (Å²) in [5.41, 5.74) is 0. The average Bonchev–Trinajstić information content (AvgIpc) is 2.34. The summed E-state index contributed by atoms with van der Waals surface area (Å²) in [7, 11) is 1.52. The van der Waals surface area contributed by atoms with E-state index in [1.807, 2.05) is 0 Å². The van der Waals surface area contributed by atoms with Crippen molar-refractivity contribution in [1.29, 1.82) is 0 Å². The van der Waals surface area contributed by atoms with Gasteiger partial charge in [0.25, 0.3) is 5.88 Å². The molecule has 0 aromatic carbocycles. The van der Waals surface area contributed by atoms with E-state index >= 15 is 0 Å². The van der Waals surface area contributed by atoms with Gasteiger partial charge in [-0.05, 0) is 5.16 Å². The van der Waals surface area contributed by atoms with Crippen LogP contribution in [-0.2, 0) is 5.88 Å². The Kier molecular flexibility index (Phi) is 1.95. The Labute approximate surface area is 57.5 Å². The fraction of sp³-hybridized carbons (Fsp3) is 0.400. The largest absolute Gasteiger partial charge is 0.479 e. The summed E-state index contributed by atoms with van der Waals surface area (Å²) >= 11 is 5.41. The van der Waals surface area contributed by atoms with Crippen LogP contribution < -0.4 is 4.74 Å². The lowest BCUT2D eigenvalue weighted by atomic mass is 10.5. The average molecular weight is 148 g/mol. The van der Waals surface area contributed by atoms with Crippen molar-refractivity contribution >= 4 is 11.6 Å². The maximum absolute atomic E-state index is 5.41. The number of hydrogen-bond donors (Lipinski definition) is 0. The zero-order valence-electron chi connectivity index (χ0n) is 4.93. The number of hydrogen-bond acceptors (Lipinski definition) is 3. The minimum absolute atomic E-state index is 0.330. The fourth-order valence-electron chi connectivity index (χ4n) is 0.453. The van der Waals surface area contributed by atoms with Gasteiger partial charge in [0, 0.05) is 6.07 Å². The zero-order chi connectivity index (χ0) is 6.69. The molecule has 0 saturated carbocycles. The number of alkyl halides is 1. The summed E-state index contributed by atoms with van der Waals surface area (Å²) < 4.78 is 9.43. The Morgan fingerprint density at radius 2 is 2.67 bits per heavy atom. The normalized spacial score (nSPS) is 9.56. The number of ether oxygens (including phenoxy) is 1. The van der Waals surface area contributed by atoms with Crippen LogP contribution in [0.1, 0.15) is 5.76 Å². The van der Waals surface area contributed by atoms with E-state index in [2.05, 4.69) is 5.16 Å². The van der Waals surface area contributed by atoms with E-state index in [1.54, 1.807) is 6.07 Å². The molecule has 4 heteroatoms. The molecule has 0 atom stereocenters. The minimum atomic E-state index is 0.330. The summed E-state index contributed by atoms with van der Waals surface area (Å²) in [5, 5.41) is 3.52. The van der Waals surface area contributed by atoms with Crippen LogP contribution >= 0.6 is 11.6 Å². The molecule has 50 valence electrons. The van der Waals surface area contributed by atoms with Gasteiger partial charge in [0.05, 0.1) is 13.0 Å². The molecule has 9 heavy (non-hydrogen) atoms. The van der Waals surface area contributed by atoms with Crippen molar-refractivity contribution in [3.63, 3.8) is 0 Å². The van der Waals surface area contributed by atoms with Crippen molar-refractivity contribution in [2.75, 3.05) is 7.11 Å². The SMILES string of the molecule is COc1cc(CCl)on1. The Bertz CT molecular complexity index is 168. The molecule has 0 radical (unpaired) electrons. The maximum Gasteiger partial charge on any atom is 0.254 e. The molecular formula is C5H6ClNO2. The molecule has 0 aliphatic heterocycles. The van der Waals surface area contributed by atoms with E-state index in [4.69, 9.17) is 20.9 Å². The Morgan fingerprint density at radius 3 is 3.00 bits per heavy atom. The third-order valence-corrected chi connectivity index (χ3v) is 1.14. The first-order chi connectivity index (χ1) is 4.36. The van der Waals surface area contributed by atoms with Crippen LogP contribution in [0.2, 0.25) is 0 Å². The number of aromatic nitrogens is 1. The third kappa shape index (κ3) is 1.36. The monoisotopic (exact) mass is 147 g/mol. The lowest BCUT2D eigenvalue weighted by Gasteiger charge is -1.83. The van der Waals surface area contributed by atoms with E-state index in [9.17, 15) is 0 Å². The van der Waals surface area contributed by atoms with E-state index in [-0.39, 0.29) is 0 Å². The van der Waals surface area contributed by atoms with Gasteiger partial charge < -0.3 is 9.26 Å².